The van der Waals surface area contributed by atoms with Gasteiger partial charge in [-0.1, -0.05) is 60.7 Å². The molecule has 4 aromatic rings. The van der Waals surface area contributed by atoms with E-state index in [9.17, 15) is 0 Å². The Morgan fingerprint density at radius 2 is 1.38 bits per heavy atom. The lowest BCUT2D eigenvalue weighted by atomic mass is 9.97. The van der Waals surface area contributed by atoms with Crippen LogP contribution in [0.1, 0.15) is 5.56 Å². The molecule has 0 radical (unpaired) electrons. The molecule has 0 nitrogen and oxygen atoms in total. The van der Waals surface area contributed by atoms with Crippen LogP contribution in [0.5, 0.6) is 0 Å². The molecule has 0 saturated heterocycles. The minimum Gasteiger partial charge on any atom is -0.0622 e. The molecule has 0 bridgehead atoms. The Balaban J connectivity index is 1.98. The van der Waals surface area contributed by atoms with Crippen molar-refractivity contribution in [3.63, 3.8) is 0 Å². The monoisotopic (exact) mass is 268 g/mol. The predicted octanol–water partition coefficient (Wildman–Crippen LogP) is 5.97. The van der Waals surface area contributed by atoms with Crippen LogP contribution in [0.4, 0.5) is 0 Å². The van der Waals surface area contributed by atoms with Crippen molar-refractivity contribution in [1.29, 1.82) is 0 Å². The van der Waals surface area contributed by atoms with Gasteiger partial charge in [-0.2, -0.15) is 0 Å². The minimum absolute atomic E-state index is 1.27. The second-order valence-corrected chi connectivity index (χ2v) is 5.58. The molecule has 0 fully saturated rings. The summed E-state index contributed by atoms with van der Waals surface area (Å²) in [6.07, 6.45) is 0. The fraction of sp³-hybridized carbons (Fsp3) is 0.0476. The largest absolute Gasteiger partial charge is 0.0622 e. The molecule has 0 aliphatic heterocycles. The summed E-state index contributed by atoms with van der Waals surface area (Å²) in [6.45, 7) is 2.17. The van der Waals surface area contributed by atoms with E-state index < -0.39 is 0 Å². The first-order valence-electron chi connectivity index (χ1n) is 7.30. The van der Waals surface area contributed by atoms with Gasteiger partial charge < -0.3 is 0 Å². The van der Waals surface area contributed by atoms with Gasteiger partial charge in [-0.05, 0) is 63.4 Å². The molecule has 100 valence electrons. The third-order valence-corrected chi connectivity index (χ3v) is 4.16. The van der Waals surface area contributed by atoms with Gasteiger partial charge in [0.15, 0.2) is 0 Å². The molecule has 0 heteroatoms. The van der Waals surface area contributed by atoms with Crippen molar-refractivity contribution in [3.8, 4) is 11.1 Å². The summed E-state index contributed by atoms with van der Waals surface area (Å²) in [5.74, 6) is 0. The van der Waals surface area contributed by atoms with Crippen molar-refractivity contribution >= 4 is 21.5 Å². The molecule has 21 heavy (non-hydrogen) atoms. The second kappa shape index (κ2) is 4.75. The van der Waals surface area contributed by atoms with Crippen LogP contribution < -0.4 is 0 Å². The lowest BCUT2D eigenvalue weighted by Gasteiger charge is -2.07. The smallest absolute Gasteiger partial charge is 0.0148 e. The molecule has 4 aromatic carbocycles. The summed E-state index contributed by atoms with van der Waals surface area (Å²) in [6, 6.07) is 28.4. The van der Waals surface area contributed by atoms with Crippen molar-refractivity contribution in [2.45, 2.75) is 6.92 Å². The SMILES string of the molecule is Cc1cccc2cc3cc(-c4ccccc4)ccc3cc12. The molecule has 0 aliphatic rings. The van der Waals surface area contributed by atoms with Crippen LogP contribution in [0, 0.1) is 6.92 Å². The van der Waals surface area contributed by atoms with Gasteiger partial charge in [-0.15, -0.1) is 0 Å². The molecular weight excluding hydrogens is 252 g/mol. The molecular formula is C21H16. The van der Waals surface area contributed by atoms with Crippen molar-refractivity contribution in [1.82, 2.24) is 0 Å². The van der Waals surface area contributed by atoms with Crippen molar-refractivity contribution in [2.75, 3.05) is 0 Å². The summed E-state index contributed by atoms with van der Waals surface area (Å²) < 4.78 is 0. The van der Waals surface area contributed by atoms with Crippen molar-refractivity contribution in [3.05, 3.63) is 84.4 Å². The number of hydrogen-bond acceptors (Lipinski definition) is 0. The molecule has 0 spiro atoms. The zero-order valence-electron chi connectivity index (χ0n) is 12.0. The summed E-state index contributed by atoms with van der Waals surface area (Å²) in [5, 5.41) is 5.26. The normalized spacial score (nSPS) is 11.1. The Morgan fingerprint density at radius 3 is 2.24 bits per heavy atom. The molecule has 0 saturated carbocycles. The quantitative estimate of drug-likeness (QED) is 0.373. The van der Waals surface area contributed by atoms with E-state index in [1.807, 2.05) is 0 Å². The topological polar surface area (TPSA) is 0 Å². The number of benzene rings is 4. The Bertz CT molecular complexity index is 934. The Kier molecular flexibility index (Phi) is 2.75. The zero-order chi connectivity index (χ0) is 14.2. The average molecular weight is 268 g/mol. The van der Waals surface area contributed by atoms with Gasteiger partial charge in [-0.3, -0.25) is 0 Å². The van der Waals surface area contributed by atoms with Gasteiger partial charge in [0.2, 0.25) is 0 Å². The minimum atomic E-state index is 1.27. The fourth-order valence-corrected chi connectivity index (χ4v) is 2.99. The predicted molar refractivity (Wildman–Crippen MR) is 91.6 cm³/mol. The summed E-state index contributed by atoms with van der Waals surface area (Å²) in [7, 11) is 0. The average Bonchev–Trinajstić information content (AvgIpc) is 2.54. The van der Waals surface area contributed by atoms with Gasteiger partial charge in [0.1, 0.15) is 0 Å². The van der Waals surface area contributed by atoms with Gasteiger partial charge in [0.05, 0.1) is 0 Å². The highest BCUT2D eigenvalue weighted by atomic mass is 14.1. The van der Waals surface area contributed by atoms with Gasteiger partial charge >= 0.3 is 0 Å². The molecule has 0 atom stereocenters. The van der Waals surface area contributed by atoms with Gasteiger partial charge in [-0.25, -0.2) is 0 Å². The van der Waals surface area contributed by atoms with Crippen LogP contribution in [0.2, 0.25) is 0 Å². The van der Waals surface area contributed by atoms with Crippen LogP contribution in [-0.4, -0.2) is 0 Å². The van der Waals surface area contributed by atoms with E-state index in [2.05, 4.69) is 85.8 Å². The van der Waals surface area contributed by atoms with Crippen LogP contribution >= 0.6 is 0 Å². The van der Waals surface area contributed by atoms with Crippen LogP contribution in [-0.2, 0) is 0 Å². The van der Waals surface area contributed by atoms with Crippen molar-refractivity contribution in [2.24, 2.45) is 0 Å². The molecule has 0 heterocycles. The molecule has 4 rings (SSSR count). The third kappa shape index (κ3) is 2.09. The number of hydrogen-bond donors (Lipinski definition) is 0. The highest BCUT2D eigenvalue weighted by Gasteiger charge is 2.03. The number of rotatable bonds is 1. The highest BCUT2D eigenvalue weighted by Crippen LogP contribution is 2.29. The highest BCUT2D eigenvalue weighted by molar-refractivity contribution is 6.00. The maximum Gasteiger partial charge on any atom is -0.0148 e. The maximum absolute atomic E-state index is 2.30. The first kappa shape index (κ1) is 12.2. The maximum atomic E-state index is 2.30. The van der Waals surface area contributed by atoms with Crippen molar-refractivity contribution < 1.29 is 0 Å². The van der Waals surface area contributed by atoms with E-state index in [0.29, 0.717) is 0 Å². The molecule has 0 N–H and O–H groups in total. The van der Waals surface area contributed by atoms with E-state index in [-0.39, 0.29) is 0 Å². The van der Waals surface area contributed by atoms with E-state index in [4.69, 9.17) is 0 Å². The first-order chi connectivity index (χ1) is 10.3. The van der Waals surface area contributed by atoms with Crippen LogP contribution in [0.15, 0.2) is 78.9 Å². The molecule has 0 aliphatic carbocycles. The van der Waals surface area contributed by atoms with E-state index in [1.165, 1.54) is 38.2 Å². The molecule has 0 aromatic heterocycles. The van der Waals surface area contributed by atoms with E-state index in [0.717, 1.165) is 0 Å². The van der Waals surface area contributed by atoms with Gasteiger partial charge in [0.25, 0.3) is 0 Å². The summed E-state index contributed by atoms with van der Waals surface area (Å²) in [4.78, 5) is 0. The van der Waals surface area contributed by atoms with Crippen LogP contribution in [0.25, 0.3) is 32.7 Å². The summed E-state index contributed by atoms with van der Waals surface area (Å²) >= 11 is 0. The Labute approximate surface area is 124 Å². The zero-order valence-corrected chi connectivity index (χ0v) is 12.0. The lowest BCUT2D eigenvalue weighted by Crippen LogP contribution is -1.82. The Hall–Kier alpha value is -2.60. The number of aryl methyl sites for hydroxylation is 1. The van der Waals surface area contributed by atoms with Gasteiger partial charge in [0, 0.05) is 0 Å². The van der Waals surface area contributed by atoms with Crippen LogP contribution in [0.3, 0.4) is 0 Å². The first-order valence-corrected chi connectivity index (χ1v) is 7.30. The second-order valence-electron chi connectivity index (χ2n) is 5.58. The molecule has 0 amide bonds. The third-order valence-electron chi connectivity index (χ3n) is 4.16. The standard InChI is InChI=1S/C21H16/c1-15-6-5-9-19-13-20-12-17(16-7-3-2-4-8-16)10-11-18(20)14-21(15)19/h2-14H,1H3. The molecule has 0 unspecified atom stereocenters. The number of fused-ring (bicyclic) bond motifs is 2. The Morgan fingerprint density at radius 1 is 0.524 bits per heavy atom. The van der Waals surface area contributed by atoms with E-state index >= 15 is 0 Å². The lowest BCUT2D eigenvalue weighted by molar-refractivity contribution is 1.54. The fourth-order valence-electron chi connectivity index (χ4n) is 2.99. The van der Waals surface area contributed by atoms with E-state index in [1.54, 1.807) is 0 Å². The summed E-state index contributed by atoms with van der Waals surface area (Å²) in [5.41, 5.74) is 3.88.